The van der Waals surface area contributed by atoms with Crippen LogP contribution in [0.25, 0.3) is 0 Å². The highest BCUT2D eigenvalue weighted by Crippen LogP contribution is 2.55. The van der Waals surface area contributed by atoms with E-state index in [0.717, 1.165) is 26.2 Å². The molecule has 3 rings (SSSR count). The van der Waals surface area contributed by atoms with E-state index in [9.17, 15) is 31.9 Å². The van der Waals surface area contributed by atoms with Crippen molar-refractivity contribution in [3.05, 3.63) is 53.4 Å². The summed E-state index contributed by atoms with van der Waals surface area (Å²) in [5.41, 5.74) is -2.52. The van der Waals surface area contributed by atoms with Gasteiger partial charge in [-0.15, -0.1) is 0 Å². The summed E-state index contributed by atoms with van der Waals surface area (Å²) in [4.78, 5) is 17.1. The number of ether oxygens (including phenoxy) is 3. The van der Waals surface area contributed by atoms with Crippen LogP contribution in [-0.2, 0) is 14.3 Å². The van der Waals surface area contributed by atoms with Gasteiger partial charge in [0, 0.05) is 24.5 Å². The minimum atomic E-state index is -4.87. The Morgan fingerprint density at radius 1 is 1.26 bits per heavy atom. The predicted molar refractivity (Wildman–Crippen MR) is 114 cm³/mol. The highest BCUT2D eigenvalue weighted by Gasteiger charge is 2.65. The lowest BCUT2D eigenvalue weighted by Gasteiger charge is -2.32. The van der Waals surface area contributed by atoms with E-state index in [1.165, 1.54) is 32.4 Å². The van der Waals surface area contributed by atoms with E-state index in [0.29, 0.717) is 0 Å². The first-order chi connectivity index (χ1) is 16.4. The topological polar surface area (TPSA) is 89.9 Å². The second kappa shape index (κ2) is 10.0. The molecule has 35 heavy (non-hydrogen) atoms. The Kier molecular flexibility index (Phi) is 7.68. The zero-order valence-electron chi connectivity index (χ0n) is 19.3. The minimum Gasteiger partial charge on any atom is -0.493 e. The van der Waals surface area contributed by atoms with Gasteiger partial charge in [-0.3, -0.25) is 9.78 Å². The van der Waals surface area contributed by atoms with Crippen molar-refractivity contribution in [2.24, 2.45) is 5.92 Å². The Labute approximate surface area is 198 Å². The number of pyridine rings is 1. The number of amides is 1. The summed E-state index contributed by atoms with van der Waals surface area (Å²) >= 11 is 0. The van der Waals surface area contributed by atoms with E-state index in [1.807, 2.05) is 0 Å². The number of hydrogen-bond acceptors (Lipinski definition) is 6. The van der Waals surface area contributed by atoms with Gasteiger partial charge < -0.3 is 24.6 Å². The third-order valence-corrected chi connectivity index (χ3v) is 6.29. The van der Waals surface area contributed by atoms with Crippen LogP contribution in [0.5, 0.6) is 5.75 Å². The number of aromatic nitrogens is 1. The number of aliphatic hydroxyl groups excluding tert-OH is 1. The molecule has 1 fully saturated rings. The maximum Gasteiger partial charge on any atom is 0.417 e. The van der Waals surface area contributed by atoms with Gasteiger partial charge in [0.2, 0.25) is 5.82 Å². The number of benzene rings is 1. The normalized spacial score (nSPS) is 25.4. The number of anilines is 1. The maximum atomic E-state index is 14.4. The summed E-state index contributed by atoms with van der Waals surface area (Å²) in [6.45, 7) is 2.01. The molecular weight excluding hydrogens is 479 g/mol. The molecule has 0 spiro atoms. The zero-order valence-corrected chi connectivity index (χ0v) is 19.3. The van der Waals surface area contributed by atoms with E-state index in [2.05, 4.69) is 10.3 Å². The largest absolute Gasteiger partial charge is 0.493 e. The Hall–Kier alpha value is -2.83. The molecule has 1 aromatic carbocycles. The molecule has 0 bridgehead atoms. The molecule has 0 saturated carbocycles. The molecule has 192 valence electrons. The molecule has 1 unspecified atom stereocenters. The van der Waals surface area contributed by atoms with Gasteiger partial charge in [-0.05, 0) is 25.1 Å². The molecule has 1 aromatic heterocycles. The van der Waals surface area contributed by atoms with Crippen LogP contribution in [-0.4, -0.2) is 54.7 Å². The molecule has 12 heteroatoms. The summed E-state index contributed by atoms with van der Waals surface area (Å²) < 4.78 is 85.2. The summed E-state index contributed by atoms with van der Waals surface area (Å²) in [6, 6.07) is 4.64. The summed E-state index contributed by atoms with van der Waals surface area (Å²) in [7, 11) is 2.44. The quantitative estimate of drug-likeness (QED) is 0.552. The molecule has 1 aliphatic rings. The van der Waals surface area contributed by atoms with Gasteiger partial charge in [-0.25, -0.2) is 4.39 Å². The van der Waals surface area contributed by atoms with Crippen molar-refractivity contribution < 1.29 is 46.1 Å². The van der Waals surface area contributed by atoms with Gasteiger partial charge in [0.15, 0.2) is 17.2 Å². The highest BCUT2D eigenvalue weighted by atomic mass is 19.4. The van der Waals surface area contributed by atoms with Crippen molar-refractivity contribution in [2.45, 2.75) is 43.8 Å². The third-order valence-electron chi connectivity index (χ3n) is 6.29. The summed E-state index contributed by atoms with van der Waals surface area (Å²) in [5, 5.41) is 12.4. The second-order valence-corrected chi connectivity index (χ2v) is 8.37. The number of halogens is 5. The number of methoxy groups -OCH3 is 2. The minimum absolute atomic E-state index is 0.0136. The molecule has 2 heterocycles. The van der Waals surface area contributed by atoms with Crippen LogP contribution in [0.15, 0.2) is 30.5 Å². The van der Waals surface area contributed by atoms with Crippen LogP contribution in [0.1, 0.15) is 37.1 Å². The van der Waals surface area contributed by atoms with Crippen LogP contribution >= 0.6 is 0 Å². The van der Waals surface area contributed by atoms with Gasteiger partial charge in [0.05, 0.1) is 31.3 Å². The van der Waals surface area contributed by atoms with Crippen LogP contribution in [0.3, 0.4) is 0 Å². The number of carbonyl (C=O) groups is 1. The van der Waals surface area contributed by atoms with E-state index in [4.69, 9.17) is 14.2 Å². The smallest absolute Gasteiger partial charge is 0.417 e. The van der Waals surface area contributed by atoms with Gasteiger partial charge in [-0.1, -0.05) is 13.0 Å². The Morgan fingerprint density at radius 2 is 1.94 bits per heavy atom. The molecule has 0 radical (unpaired) electrons. The molecule has 2 aromatic rings. The molecule has 1 aliphatic heterocycles. The van der Waals surface area contributed by atoms with Gasteiger partial charge in [0.1, 0.15) is 12.2 Å². The van der Waals surface area contributed by atoms with Gasteiger partial charge in [-0.2, -0.15) is 17.6 Å². The molecule has 1 saturated heterocycles. The van der Waals surface area contributed by atoms with Crippen LogP contribution in [0.4, 0.5) is 27.6 Å². The van der Waals surface area contributed by atoms with Gasteiger partial charge >= 0.3 is 6.18 Å². The number of rotatable bonds is 7. The highest BCUT2D eigenvalue weighted by molar-refractivity contribution is 5.95. The number of carbonyl (C=O) groups excluding carboxylic acids is 1. The predicted octanol–water partition coefficient (Wildman–Crippen LogP) is 4.13. The first kappa shape index (κ1) is 26.8. The third kappa shape index (κ3) is 4.95. The summed E-state index contributed by atoms with van der Waals surface area (Å²) in [5.74, 6) is -6.89. The van der Waals surface area contributed by atoms with Crippen LogP contribution < -0.4 is 10.1 Å². The van der Waals surface area contributed by atoms with E-state index in [1.54, 1.807) is 0 Å². The van der Waals surface area contributed by atoms with Crippen molar-refractivity contribution in [3.8, 4) is 5.75 Å². The molecular formula is C23H25F5N2O5. The number of nitrogens with zero attached hydrogens (tertiary/aromatic N) is 1. The fourth-order valence-electron chi connectivity index (χ4n) is 4.17. The molecule has 2 N–H and O–H groups in total. The van der Waals surface area contributed by atoms with E-state index < -0.39 is 59.1 Å². The fourth-order valence-corrected chi connectivity index (χ4v) is 4.17. The van der Waals surface area contributed by atoms with Gasteiger partial charge in [0.25, 0.3) is 5.91 Å². The standard InChI is InChI=1S/C23H25F5N2O5/c1-11-17(13-6-7-14(24)18(25)19(13)34-4)20(35-22(11,2)23(26,27)28)21(32)30-12-5-8-15(29-9-12)16(31)10-33-3/h5-9,11,16-17,20,31H,10H2,1-4H3,(H,30,32)/t11-,16+,17-,20?,22+/m0/s1. The van der Waals surface area contributed by atoms with E-state index >= 15 is 0 Å². The Morgan fingerprint density at radius 3 is 2.49 bits per heavy atom. The average Bonchev–Trinajstić information content (AvgIpc) is 3.08. The molecule has 1 amide bonds. The van der Waals surface area contributed by atoms with E-state index in [-0.39, 0.29) is 23.6 Å². The first-order valence-corrected chi connectivity index (χ1v) is 10.6. The van der Waals surface area contributed by atoms with Crippen LogP contribution in [0.2, 0.25) is 0 Å². The van der Waals surface area contributed by atoms with Crippen molar-refractivity contribution in [3.63, 3.8) is 0 Å². The Bertz CT molecular complexity index is 1070. The number of hydrogen-bond donors (Lipinski definition) is 2. The van der Waals surface area contributed by atoms with Crippen molar-refractivity contribution in [1.82, 2.24) is 4.98 Å². The molecule has 7 nitrogen and oxygen atoms in total. The number of nitrogens with one attached hydrogen (secondary N) is 1. The second-order valence-electron chi connectivity index (χ2n) is 8.37. The molecule has 5 atom stereocenters. The van der Waals surface area contributed by atoms with Crippen molar-refractivity contribution in [1.29, 1.82) is 0 Å². The lowest BCUT2D eigenvalue weighted by Crippen LogP contribution is -2.47. The monoisotopic (exact) mass is 504 g/mol. The van der Waals surface area contributed by atoms with Crippen molar-refractivity contribution in [2.75, 3.05) is 26.1 Å². The summed E-state index contributed by atoms with van der Waals surface area (Å²) in [6.07, 6.45) is -6.40. The Balaban J connectivity index is 1.98. The first-order valence-electron chi connectivity index (χ1n) is 10.6. The SMILES string of the molecule is COC[C@@H](O)c1ccc(NC(=O)C2O[C@@](C)(C(F)(F)F)[C@@H](C)[C@H]2c2ccc(F)c(F)c2OC)cn1. The fraction of sp³-hybridized carbons (Fsp3) is 0.478. The zero-order chi connectivity index (χ0) is 26.1. The maximum absolute atomic E-state index is 14.4. The van der Waals surface area contributed by atoms with Crippen LogP contribution in [0, 0.1) is 17.6 Å². The number of aliphatic hydroxyl groups is 1. The lowest BCUT2D eigenvalue weighted by atomic mass is 9.77. The molecule has 0 aliphatic carbocycles. The lowest BCUT2D eigenvalue weighted by molar-refractivity contribution is -0.272. The van der Waals surface area contributed by atoms with Crippen molar-refractivity contribution >= 4 is 11.6 Å². The number of alkyl halides is 3. The average molecular weight is 504 g/mol.